The highest BCUT2D eigenvalue weighted by Crippen LogP contribution is 2.32. The maximum Gasteiger partial charge on any atom is 0.255 e. The quantitative estimate of drug-likeness (QED) is 0.0176. The predicted octanol–water partition coefficient (Wildman–Crippen LogP) is 5.92. The number of imide groups is 1. The Morgan fingerprint density at radius 1 is 0.772 bits per heavy atom. The third kappa shape index (κ3) is 16.2. The number of hydrogen-bond donors (Lipinski definition) is 6. The van der Waals surface area contributed by atoms with Gasteiger partial charge in [-0.25, -0.2) is 0 Å². The maximum atomic E-state index is 13.5. The summed E-state index contributed by atoms with van der Waals surface area (Å²) in [6, 6.07) is 23.5. The number of carbonyl (C=O) groups is 5. The van der Waals surface area contributed by atoms with Gasteiger partial charge < -0.3 is 54.5 Å². The number of benzene rings is 3. The smallest absolute Gasteiger partial charge is 0.255 e. The predicted molar refractivity (Wildman–Crippen MR) is 301 cm³/mol. The number of anilines is 2. The molecular weight excluding hydrogens is 1010 g/mol. The van der Waals surface area contributed by atoms with Crippen molar-refractivity contribution >= 4 is 52.6 Å². The van der Waals surface area contributed by atoms with E-state index >= 15 is 0 Å². The number of ether oxygens (including phenoxy) is 4. The number of carbonyl (C=O) groups excluding carboxylic acids is 5. The number of nitrogens with zero attached hydrogens (tertiary/aromatic N) is 5. The summed E-state index contributed by atoms with van der Waals surface area (Å²) < 4.78 is 23.1. The summed E-state index contributed by atoms with van der Waals surface area (Å²) in [5.74, 6) is 0.137. The number of piperazine rings is 1. The number of piperidine rings is 2. The number of unbranched alkanes of at least 4 members (excludes halogenated alkanes) is 3. The highest BCUT2D eigenvalue weighted by molar-refractivity contribution is 6.10. The number of nitrogens with one attached hydrogen (secondary N) is 6. The van der Waals surface area contributed by atoms with Crippen molar-refractivity contribution in [2.24, 2.45) is 0 Å². The monoisotopic (exact) mass is 1080 g/mol. The summed E-state index contributed by atoms with van der Waals surface area (Å²) in [5, 5.41) is 29.7. The second-order valence-electron chi connectivity index (χ2n) is 20.8. The third-order valence-corrected chi connectivity index (χ3v) is 15.2. The standard InChI is InChI=1S/C59H77N11O9/c1-42(63-55(73)45-9-7-10-47(39-45)66-59(22-26-67(2)27-23-59)58(61)65-54(60)44-20-24-62-25-21-44)43-12-15-49(16-13-43)79-34-6-4-3-5-32-76-35-37-78-38-36-77-33-8-11-53(72)69-30-28-68(29-31-69)48-14-17-50-46(40-48)41-70(57(50)75)51-18-19-52(71)64-56(51)74/h7,9-10,12-17,20-21,24-25,39-40,42,51,66H,3-6,8,11,18-19,22-23,26-38,41H2,1-2H3,(H,63,73)(H3,60,61,65)(H,64,71,74)/t42-,51?/m1/s1. The van der Waals surface area contributed by atoms with Gasteiger partial charge in [0, 0.05) is 112 Å². The SMILES string of the molecule is C[C@@H](NC(=O)c1cccc(NC2(C(=N)NC(=N)c3ccncc3)CCN(C)CC2)c1)c1ccc(OCCCCCCOCCOCCOCCCC(=O)N2CCN(c3ccc4c(c3)CN(C3CCC(=O)NC3=O)C4=O)CC2)cc1. The molecule has 0 spiro atoms. The van der Waals surface area contributed by atoms with Crippen molar-refractivity contribution in [3.8, 4) is 5.75 Å². The first-order valence-corrected chi connectivity index (χ1v) is 27.8. The van der Waals surface area contributed by atoms with Crippen LogP contribution in [0.1, 0.15) is 115 Å². The molecule has 5 heterocycles. The van der Waals surface area contributed by atoms with E-state index in [-0.39, 0.29) is 47.8 Å². The van der Waals surface area contributed by atoms with Crippen LogP contribution in [0.15, 0.2) is 91.3 Å². The van der Waals surface area contributed by atoms with Crippen LogP contribution in [0.25, 0.3) is 0 Å². The summed E-state index contributed by atoms with van der Waals surface area (Å²) in [4.78, 5) is 75.5. The van der Waals surface area contributed by atoms with Gasteiger partial charge in [0.2, 0.25) is 17.7 Å². The van der Waals surface area contributed by atoms with Crippen LogP contribution in [0.4, 0.5) is 11.4 Å². The van der Waals surface area contributed by atoms with Gasteiger partial charge in [-0.2, -0.15) is 0 Å². The number of amidine groups is 2. The summed E-state index contributed by atoms with van der Waals surface area (Å²) >= 11 is 0. The molecule has 8 rings (SSSR count). The van der Waals surface area contributed by atoms with Gasteiger partial charge >= 0.3 is 0 Å². The van der Waals surface area contributed by atoms with E-state index in [1.807, 2.05) is 72.5 Å². The molecule has 20 heteroatoms. The van der Waals surface area contributed by atoms with Crippen LogP contribution in [0, 0.1) is 10.8 Å². The minimum absolute atomic E-state index is 0.116. The van der Waals surface area contributed by atoms with Crippen molar-refractivity contribution in [3.05, 3.63) is 119 Å². The molecule has 0 bridgehead atoms. The Bertz CT molecular complexity index is 2730. The molecule has 3 fully saturated rings. The van der Waals surface area contributed by atoms with Gasteiger partial charge in [0.05, 0.1) is 44.6 Å². The van der Waals surface area contributed by atoms with E-state index in [0.717, 1.165) is 67.0 Å². The Labute approximate surface area is 463 Å². The second-order valence-corrected chi connectivity index (χ2v) is 20.8. The van der Waals surface area contributed by atoms with Crippen molar-refractivity contribution in [1.82, 2.24) is 35.6 Å². The largest absolute Gasteiger partial charge is 0.494 e. The van der Waals surface area contributed by atoms with Gasteiger partial charge in [-0.15, -0.1) is 0 Å². The highest BCUT2D eigenvalue weighted by atomic mass is 16.5. The molecular formula is C59H77N11O9. The zero-order valence-corrected chi connectivity index (χ0v) is 45.7. The van der Waals surface area contributed by atoms with Gasteiger partial charge in [0.1, 0.15) is 23.5 Å². The summed E-state index contributed by atoms with van der Waals surface area (Å²) in [7, 11) is 2.06. The van der Waals surface area contributed by atoms with E-state index in [1.165, 1.54) is 0 Å². The minimum atomic E-state index is -0.739. The topological polar surface area (TPSA) is 244 Å². The summed E-state index contributed by atoms with van der Waals surface area (Å²) in [6.07, 6.45) is 10.2. The zero-order chi connectivity index (χ0) is 55.6. The summed E-state index contributed by atoms with van der Waals surface area (Å²) in [5.41, 5.74) is 4.55. The average Bonchev–Trinajstić information content (AvgIpc) is 3.94. The van der Waals surface area contributed by atoms with E-state index < -0.39 is 17.5 Å². The molecule has 0 radical (unpaired) electrons. The lowest BCUT2D eigenvalue weighted by molar-refractivity contribution is -0.137. The van der Waals surface area contributed by atoms with Gasteiger partial charge in [-0.05, 0) is 131 Å². The number of pyridine rings is 1. The molecule has 0 aliphatic carbocycles. The molecule has 4 aliphatic heterocycles. The van der Waals surface area contributed by atoms with Crippen LogP contribution in [-0.4, -0.2) is 165 Å². The van der Waals surface area contributed by atoms with Gasteiger partial charge in [0.15, 0.2) is 0 Å². The van der Waals surface area contributed by atoms with Crippen LogP contribution in [0.2, 0.25) is 0 Å². The van der Waals surface area contributed by atoms with E-state index in [9.17, 15) is 24.0 Å². The normalized spacial score (nSPS) is 17.7. The van der Waals surface area contributed by atoms with Crippen LogP contribution in [-0.2, 0) is 35.1 Å². The van der Waals surface area contributed by atoms with Crippen LogP contribution in [0.3, 0.4) is 0 Å². The number of likely N-dealkylation sites (tertiary alicyclic amines) is 1. The number of amides is 5. The molecule has 1 aromatic heterocycles. The molecule has 2 atom stereocenters. The molecule has 4 aromatic rings. The second kappa shape index (κ2) is 28.6. The van der Waals surface area contributed by atoms with Crippen molar-refractivity contribution < 1.29 is 42.9 Å². The lowest BCUT2D eigenvalue weighted by Crippen LogP contribution is -2.58. The first kappa shape index (κ1) is 57.9. The fourth-order valence-electron chi connectivity index (χ4n) is 10.4. The Hall–Kier alpha value is -7.26. The molecule has 422 valence electrons. The van der Waals surface area contributed by atoms with Gasteiger partial charge in [-0.3, -0.25) is 45.1 Å². The third-order valence-electron chi connectivity index (χ3n) is 15.2. The van der Waals surface area contributed by atoms with Crippen molar-refractivity contribution in [3.63, 3.8) is 0 Å². The Balaban J connectivity index is 0.612. The first-order chi connectivity index (χ1) is 38.4. The fourth-order valence-corrected chi connectivity index (χ4v) is 10.4. The average molecular weight is 1080 g/mol. The molecule has 79 heavy (non-hydrogen) atoms. The van der Waals surface area contributed by atoms with Crippen LogP contribution >= 0.6 is 0 Å². The zero-order valence-electron chi connectivity index (χ0n) is 45.7. The Morgan fingerprint density at radius 2 is 1.46 bits per heavy atom. The van der Waals surface area contributed by atoms with Crippen molar-refractivity contribution in [1.29, 1.82) is 10.8 Å². The van der Waals surface area contributed by atoms with E-state index in [2.05, 4.69) is 43.1 Å². The van der Waals surface area contributed by atoms with Crippen molar-refractivity contribution in [2.75, 3.05) is 103 Å². The fraction of sp³-hybridized carbons (Fsp3) is 0.492. The lowest BCUT2D eigenvalue weighted by Gasteiger charge is -2.42. The molecule has 1 unspecified atom stereocenters. The number of aromatic nitrogens is 1. The number of rotatable bonds is 27. The number of hydrogen-bond acceptors (Lipinski definition) is 15. The van der Waals surface area contributed by atoms with E-state index in [4.69, 9.17) is 29.8 Å². The lowest BCUT2D eigenvalue weighted by atomic mass is 9.85. The molecule has 3 saturated heterocycles. The Morgan fingerprint density at radius 3 is 2.16 bits per heavy atom. The molecule has 0 saturated carbocycles. The molecule has 4 aliphatic rings. The van der Waals surface area contributed by atoms with E-state index in [0.29, 0.717) is 128 Å². The maximum absolute atomic E-state index is 13.5. The molecule has 6 N–H and O–H groups in total. The van der Waals surface area contributed by atoms with Gasteiger partial charge in [0.25, 0.3) is 11.8 Å². The van der Waals surface area contributed by atoms with Crippen LogP contribution < -0.4 is 30.9 Å². The van der Waals surface area contributed by atoms with Gasteiger partial charge in [-0.1, -0.05) is 24.6 Å². The van der Waals surface area contributed by atoms with Crippen LogP contribution in [0.5, 0.6) is 5.75 Å². The summed E-state index contributed by atoms with van der Waals surface area (Å²) in [6.45, 7) is 10.2. The molecule has 5 amide bonds. The highest BCUT2D eigenvalue weighted by Gasteiger charge is 2.40. The molecule has 20 nitrogen and oxygen atoms in total. The Kier molecular flexibility index (Phi) is 20.9. The van der Waals surface area contributed by atoms with Crippen molar-refractivity contribution in [2.45, 2.75) is 95.3 Å². The number of fused-ring (bicyclic) bond motifs is 1. The van der Waals surface area contributed by atoms with E-state index in [1.54, 1.807) is 35.5 Å². The molecule has 3 aromatic carbocycles. The minimum Gasteiger partial charge on any atom is -0.494 e. The first-order valence-electron chi connectivity index (χ1n) is 27.8.